The lowest BCUT2D eigenvalue weighted by atomic mass is 10.1. The smallest absolute Gasteiger partial charge is 0.425 e. The number of alkyl halides is 3. The van der Waals surface area contributed by atoms with Crippen LogP contribution in [0.1, 0.15) is 26.3 Å². The fourth-order valence-electron chi connectivity index (χ4n) is 2.25. The molecule has 0 aliphatic rings. The fourth-order valence-corrected chi connectivity index (χ4v) is 2.25. The highest BCUT2D eigenvalue weighted by atomic mass is 19.4. The van der Waals surface area contributed by atoms with E-state index in [1.165, 1.54) is 12.0 Å². The van der Waals surface area contributed by atoms with Crippen molar-refractivity contribution in [3.63, 3.8) is 0 Å². The second-order valence-corrected chi connectivity index (χ2v) is 5.80. The van der Waals surface area contributed by atoms with Crippen molar-refractivity contribution in [1.82, 2.24) is 4.90 Å². The van der Waals surface area contributed by atoms with E-state index in [1.807, 2.05) is 0 Å². The van der Waals surface area contributed by atoms with Gasteiger partial charge in [0.25, 0.3) is 5.91 Å². The van der Waals surface area contributed by atoms with Gasteiger partial charge in [-0.2, -0.15) is 13.2 Å². The second-order valence-electron chi connectivity index (χ2n) is 5.80. The largest absolute Gasteiger partial charge is 0.493 e. The molecule has 1 aromatic carbocycles. The minimum Gasteiger partial charge on any atom is -0.493 e. The number of carbonyl (C=O) groups is 2. The molecular weight excluding hydrogens is 386 g/mol. The number of halogens is 4. The molecule has 0 saturated heterocycles. The van der Waals surface area contributed by atoms with Gasteiger partial charge >= 0.3 is 12.1 Å². The number of nitrogens with zero attached hydrogens (tertiary/aromatic N) is 1. The maximum Gasteiger partial charge on any atom is 0.425 e. The van der Waals surface area contributed by atoms with Crippen LogP contribution in [0.4, 0.5) is 17.6 Å². The molecule has 10 heteroatoms. The van der Waals surface area contributed by atoms with Gasteiger partial charge < -0.3 is 19.1 Å². The molecule has 158 valence electrons. The number of hydrogen-bond donors (Lipinski definition) is 0. The number of hydrogen-bond acceptors (Lipinski definition) is 5. The van der Waals surface area contributed by atoms with Crippen LogP contribution >= 0.6 is 0 Å². The van der Waals surface area contributed by atoms with Gasteiger partial charge in [-0.1, -0.05) is 0 Å². The summed E-state index contributed by atoms with van der Waals surface area (Å²) in [6.45, 7) is 4.91. The van der Waals surface area contributed by atoms with Crippen molar-refractivity contribution in [2.75, 3.05) is 26.8 Å². The van der Waals surface area contributed by atoms with Gasteiger partial charge in [-0.15, -0.1) is 0 Å². The first kappa shape index (κ1) is 23.5. The summed E-state index contributed by atoms with van der Waals surface area (Å²) in [4.78, 5) is 25.1. The quantitative estimate of drug-likeness (QED) is 0.463. The molecule has 1 rings (SSSR count). The van der Waals surface area contributed by atoms with Gasteiger partial charge in [0.05, 0.1) is 13.5 Å². The van der Waals surface area contributed by atoms with E-state index in [0.29, 0.717) is 20.0 Å². The molecule has 1 atom stereocenters. The topological polar surface area (TPSA) is 65.1 Å². The molecule has 0 N–H and O–H groups in total. The molecule has 0 fully saturated rings. The molecule has 1 amide bonds. The highest BCUT2D eigenvalue weighted by Gasteiger charge is 2.39. The van der Waals surface area contributed by atoms with Crippen molar-refractivity contribution in [3.05, 3.63) is 23.5 Å². The normalized spacial score (nSPS) is 12.3. The molecule has 0 spiro atoms. The number of likely N-dealkylation sites (N-methyl/N-ethyl adjacent to an activating group) is 1. The van der Waals surface area contributed by atoms with Gasteiger partial charge in [0.2, 0.25) is 0 Å². The first-order valence-corrected chi connectivity index (χ1v) is 8.56. The monoisotopic (exact) mass is 409 g/mol. The lowest BCUT2D eigenvalue weighted by Gasteiger charge is -2.19. The van der Waals surface area contributed by atoms with E-state index in [2.05, 4.69) is 4.74 Å². The Hall–Kier alpha value is -2.52. The Labute approximate surface area is 160 Å². The number of esters is 1. The van der Waals surface area contributed by atoms with Crippen molar-refractivity contribution < 1.29 is 41.4 Å². The van der Waals surface area contributed by atoms with E-state index < -0.39 is 30.5 Å². The molecule has 6 nitrogen and oxygen atoms in total. The van der Waals surface area contributed by atoms with Crippen LogP contribution in [0.25, 0.3) is 0 Å². The zero-order valence-corrected chi connectivity index (χ0v) is 16.1. The van der Waals surface area contributed by atoms with Gasteiger partial charge in [0.1, 0.15) is 5.82 Å². The Morgan fingerprint density at radius 3 is 2.25 bits per heavy atom. The molecule has 0 radical (unpaired) electrons. The summed E-state index contributed by atoms with van der Waals surface area (Å²) in [5.74, 6) is -2.48. The fraction of sp³-hybridized carbons (Fsp3) is 0.556. The van der Waals surface area contributed by atoms with Crippen LogP contribution in [-0.2, 0) is 20.7 Å². The van der Waals surface area contributed by atoms with E-state index in [0.717, 1.165) is 12.1 Å². The van der Waals surface area contributed by atoms with Gasteiger partial charge in [0.15, 0.2) is 24.2 Å². The summed E-state index contributed by atoms with van der Waals surface area (Å²) in [7, 11) is 1.26. The summed E-state index contributed by atoms with van der Waals surface area (Å²) < 4.78 is 66.2. The highest BCUT2D eigenvalue weighted by Crippen LogP contribution is 2.31. The molecule has 0 aromatic heterocycles. The van der Waals surface area contributed by atoms with Gasteiger partial charge in [-0.3, -0.25) is 9.59 Å². The lowest BCUT2D eigenvalue weighted by Crippen LogP contribution is -2.34. The molecule has 0 heterocycles. The second kappa shape index (κ2) is 10.1. The minimum absolute atomic E-state index is 0.0282. The van der Waals surface area contributed by atoms with Crippen molar-refractivity contribution in [3.8, 4) is 11.5 Å². The molecule has 1 aromatic rings. The number of methoxy groups -OCH3 is 1. The third-order valence-electron chi connectivity index (χ3n) is 3.90. The maximum absolute atomic E-state index is 14.3. The number of rotatable bonds is 9. The van der Waals surface area contributed by atoms with Crippen molar-refractivity contribution >= 4 is 11.9 Å². The average Bonchev–Trinajstić information content (AvgIpc) is 2.61. The molecule has 0 aliphatic carbocycles. The molecular formula is C18H23F4NO5. The lowest BCUT2D eigenvalue weighted by molar-refractivity contribution is -0.215. The van der Waals surface area contributed by atoms with Crippen LogP contribution in [0.3, 0.4) is 0 Å². The molecule has 0 bridgehead atoms. The van der Waals surface area contributed by atoms with E-state index in [4.69, 9.17) is 9.47 Å². The Morgan fingerprint density at radius 2 is 1.75 bits per heavy atom. The first-order chi connectivity index (χ1) is 13.0. The van der Waals surface area contributed by atoms with E-state index in [9.17, 15) is 27.2 Å². The minimum atomic E-state index is -4.71. The third-order valence-corrected chi connectivity index (χ3v) is 3.90. The Bertz CT molecular complexity index is 689. The number of amides is 1. The van der Waals surface area contributed by atoms with Crippen LogP contribution < -0.4 is 9.47 Å². The number of carbonyl (C=O) groups excluding carboxylic acids is 2. The summed E-state index contributed by atoms with van der Waals surface area (Å²) in [5, 5.41) is 0. The predicted molar refractivity (Wildman–Crippen MR) is 91.7 cm³/mol. The van der Waals surface area contributed by atoms with Crippen LogP contribution in [0.2, 0.25) is 0 Å². The number of ether oxygens (including phenoxy) is 3. The van der Waals surface area contributed by atoms with Gasteiger partial charge in [-0.25, -0.2) is 4.39 Å². The Morgan fingerprint density at radius 1 is 1.14 bits per heavy atom. The molecule has 1 unspecified atom stereocenters. The van der Waals surface area contributed by atoms with E-state index in [-0.39, 0.29) is 29.6 Å². The third kappa shape index (κ3) is 6.58. The zero-order chi connectivity index (χ0) is 21.5. The summed E-state index contributed by atoms with van der Waals surface area (Å²) in [5.41, 5.74) is -0.223. The summed E-state index contributed by atoms with van der Waals surface area (Å²) >= 11 is 0. The molecule has 0 aliphatic heterocycles. The van der Waals surface area contributed by atoms with Gasteiger partial charge in [0, 0.05) is 24.7 Å². The molecule has 0 saturated carbocycles. The first-order valence-electron chi connectivity index (χ1n) is 8.56. The average molecular weight is 409 g/mol. The van der Waals surface area contributed by atoms with E-state index in [1.54, 1.807) is 13.8 Å². The number of benzene rings is 1. The highest BCUT2D eigenvalue weighted by molar-refractivity contribution is 5.78. The maximum atomic E-state index is 14.3. The zero-order valence-electron chi connectivity index (χ0n) is 16.1. The SMILES string of the molecule is CCN(CC)C(=O)COc1cc(F)c(CC(=O)OC(C)C(F)(F)F)cc1OC. The van der Waals surface area contributed by atoms with E-state index >= 15 is 0 Å². The molecule has 28 heavy (non-hydrogen) atoms. The predicted octanol–water partition coefficient (Wildman–Crippen LogP) is 3.12. The Kier molecular flexibility index (Phi) is 8.52. The Balaban J connectivity index is 2.87. The van der Waals surface area contributed by atoms with Crippen LogP contribution in [0.15, 0.2) is 12.1 Å². The van der Waals surface area contributed by atoms with Crippen LogP contribution in [0, 0.1) is 5.82 Å². The van der Waals surface area contributed by atoms with Gasteiger partial charge in [-0.05, 0) is 26.8 Å². The van der Waals surface area contributed by atoms with Crippen molar-refractivity contribution in [2.45, 2.75) is 39.5 Å². The van der Waals surface area contributed by atoms with Crippen molar-refractivity contribution in [1.29, 1.82) is 0 Å². The summed E-state index contributed by atoms with van der Waals surface area (Å²) in [6.07, 6.45) is -7.74. The standard InChI is InChI=1S/C18H23F4NO5/c1-5-23(6-2)16(24)10-27-15-9-13(19)12(7-14(15)26-4)8-17(25)28-11(3)18(20,21)22/h7,9,11H,5-6,8,10H2,1-4H3. The van der Waals surface area contributed by atoms with Crippen LogP contribution in [-0.4, -0.2) is 55.9 Å². The van der Waals surface area contributed by atoms with Crippen molar-refractivity contribution in [2.24, 2.45) is 0 Å². The summed E-state index contributed by atoms with van der Waals surface area (Å²) in [6, 6.07) is 2.02. The van der Waals surface area contributed by atoms with Crippen LogP contribution in [0.5, 0.6) is 11.5 Å².